The average Bonchev–Trinajstić information content (AvgIpc) is 2.47. The summed E-state index contributed by atoms with van der Waals surface area (Å²) in [4.78, 5) is 2.49. The van der Waals surface area contributed by atoms with Crippen LogP contribution in [0, 0.1) is 0 Å². The van der Waals surface area contributed by atoms with Crippen molar-refractivity contribution in [3.05, 3.63) is 35.9 Å². The average molecular weight is 247 g/mol. The Labute approximate surface area is 111 Å². The van der Waals surface area contributed by atoms with Crippen LogP contribution in [0.3, 0.4) is 0 Å². The van der Waals surface area contributed by atoms with Crippen LogP contribution in [0.15, 0.2) is 30.3 Å². The fourth-order valence-electron chi connectivity index (χ4n) is 2.80. The molecular weight excluding hydrogens is 222 g/mol. The van der Waals surface area contributed by atoms with E-state index in [4.69, 9.17) is 0 Å². The summed E-state index contributed by atoms with van der Waals surface area (Å²) in [7, 11) is 0. The van der Waals surface area contributed by atoms with Gasteiger partial charge in [-0.2, -0.15) is 0 Å². The Balaban J connectivity index is 1.95. The van der Waals surface area contributed by atoms with Crippen LogP contribution in [-0.4, -0.2) is 29.6 Å². The van der Waals surface area contributed by atoms with E-state index in [2.05, 4.69) is 11.8 Å². The highest BCUT2D eigenvalue weighted by atomic mass is 16.3. The molecule has 1 aliphatic rings. The minimum absolute atomic E-state index is 0.654. The monoisotopic (exact) mass is 247 g/mol. The molecule has 1 fully saturated rings. The number of hydrogen-bond donors (Lipinski definition) is 1. The van der Waals surface area contributed by atoms with Gasteiger partial charge in [-0.1, -0.05) is 43.7 Å². The Bertz CT molecular complexity index is 345. The highest BCUT2D eigenvalue weighted by Crippen LogP contribution is 2.29. The zero-order valence-corrected chi connectivity index (χ0v) is 11.4. The van der Waals surface area contributed by atoms with E-state index in [1.165, 1.54) is 32.4 Å². The van der Waals surface area contributed by atoms with E-state index in [1.54, 1.807) is 0 Å². The van der Waals surface area contributed by atoms with Crippen molar-refractivity contribution in [2.45, 2.75) is 44.6 Å². The fraction of sp³-hybridized carbons (Fsp3) is 0.625. The van der Waals surface area contributed by atoms with Crippen LogP contribution >= 0.6 is 0 Å². The van der Waals surface area contributed by atoms with Gasteiger partial charge in [0.05, 0.1) is 5.60 Å². The Morgan fingerprint density at radius 1 is 1.11 bits per heavy atom. The van der Waals surface area contributed by atoms with E-state index >= 15 is 0 Å². The Kier molecular flexibility index (Phi) is 4.79. The zero-order valence-electron chi connectivity index (χ0n) is 11.4. The van der Waals surface area contributed by atoms with Crippen molar-refractivity contribution in [3.8, 4) is 0 Å². The number of rotatable bonds is 5. The van der Waals surface area contributed by atoms with Crippen molar-refractivity contribution in [1.29, 1.82) is 0 Å². The second-order valence-electron chi connectivity index (χ2n) is 5.40. The molecule has 1 aromatic rings. The van der Waals surface area contributed by atoms with Crippen LogP contribution in [0.4, 0.5) is 0 Å². The molecule has 2 heteroatoms. The molecule has 0 aromatic heterocycles. The molecule has 0 aliphatic carbocycles. The summed E-state index contributed by atoms with van der Waals surface area (Å²) in [6.07, 6.45) is 5.62. The first-order chi connectivity index (χ1) is 8.74. The third-order valence-electron chi connectivity index (χ3n) is 4.19. The fourth-order valence-corrected chi connectivity index (χ4v) is 2.80. The molecule has 0 radical (unpaired) electrons. The maximum atomic E-state index is 10.8. The van der Waals surface area contributed by atoms with E-state index in [9.17, 15) is 5.11 Å². The van der Waals surface area contributed by atoms with Gasteiger partial charge in [0.25, 0.3) is 0 Å². The molecule has 0 unspecified atom stereocenters. The van der Waals surface area contributed by atoms with Gasteiger partial charge in [-0.25, -0.2) is 0 Å². The number of likely N-dealkylation sites (tertiary alicyclic amines) is 1. The summed E-state index contributed by atoms with van der Waals surface area (Å²) in [5.41, 5.74) is 0.406. The molecule has 100 valence electrons. The molecule has 0 saturated carbocycles. The zero-order chi connectivity index (χ0) is 12.8. The largest absolute Gasteiger partial charge is 0.385 e. The highest BCUT2D eigenvalue weighted by Gasteiger charge is 2.27. The van der Waals surface area contributed by atoms with E-state index in [0.29, 0.717) is 0 Å². The number of nitrogens with zero attached hydrogens (tertiary/aromatic N) is 1. The van der Waals surface area contributed by atoms with E-state index < -0.39 is 5.60 Å². The molecule has 18 heavy (non-hydrogen) atoms. The predicted molar refractivity (Wildman–Crippen MR) is 75.5 cm³/mol. The highest BCUT2D eigenvalue weighted by molar-refractivity contribution is 5.22. The molecule has 0 spiro atoms. The first-order valence-electron chi connectivity index (χ1n) is 7.25. The lowest BCUT2D eigenvalue weighted by Gasteiger charge is -2.32. The van der Waals surface area contributed by atoms with Crippen molar-refractivity contribution in [2.75, 3.05) is 19.6 Å². The SMILES string of the molecule is CC[C@](O)(CCN1CCCCC1)c1ccccc1. The van der Waals surface area contributed by atoms with Crippen molar-refractivity contribution >= 4 is 0 Å². The molecule has 1 saturated heterocycles. The normalized spacial score (nSPS) is 20.6. The van der Waals surface area contributed by atoms with Gasteiger partial charge in [0.2, 0.25) is 0 Å². The second-order valence-corrected chi connectivity index (χ2v) is 5.40. The lowest BCUT2D eigenvalue weighted by molar-refractivity contribution is 0.0116. The van der Waals surface area contributed by atoms with Crippen LogP contribution in [0.25, 0.3) is 0 Å². The molecule has 0 amide bonds. The minimum atomic E-state index is -0.654. The quantitative estimate of drug-likeness (QED) is 0.864. The maximum Gasteiger partial charge on any atom is 0.0906 e. The molecule has 1 aliphatic heterocycles. The van der Waals surface area contributed by atoms with Gasteiger partial charge in [-0.15, -0.1) is 0 Å². The second kappa shape index (κ2) is 6.35. The summed E-state index contributed by atoms with van der Waals surface area (Å²) in [5.74, 6) is 0. The molecule has 1 aromatic carbocycles. The van der Waals surface area contributed by atoms with Crippen LogP contribution in [-0.2, 0) is 5.60 Å². The van der Waals surface area contributed by atoms with Crippen molar-refractivity contribution < 1.29 is 5.11 Å². The van der Waals surface area contributed by atoms with Crippen molar-refractivity contribution in [2.24, 2.45) is 0 Å². The number of benzene rings is 1. The topological polar surface area (TPSA) is 23.5 Å². The van der Waals surface area contributed by atoms with Gasteiger partial charge >= 0.3 is 0 Å². The third kappa shape index (κ3) is 3.33. The van der Waals surface area contributed by atoms with E-state index in [-0.39, 0.29) is 0 Å². The third-order valence-corrected chi connectivity index (χ3v) is 4.19. The van der Waals surface area contributed by atoms with Crippen LogP contribution < -0.4 is 0 Å². The van der Waals surface area contributed by atoms with Crippen LogP contribution in [0.2, 0.25) is 0 Å². The first-order valence-corrected chi connectivity index (χ1v) is 7.25. The number of hydrogen-bond acceptors (Lipinski definition) is 2. The lowest BCUT2D eigenvalue weighted by Crippen LogP contribution is -2.35. The van der Waals surface area contributed by atoms with Crippen molar-refractivity contribution in [3.63, 3.8) is 0 Å². The molecule has 0 bridgehead atoms. The summed E-state index contributed by atoms with van der Waals surface area (Å²) >= 11 is 0. The van der Waals surface area contributed by atoms with Gasteiger partial charge < -0.3 is 10.0 Å². The molecule has 1 heterocycles. The van der Waals surface area contributed by atoms with Crippen LogP contribution in [0.5, 0.6) is 0 Å². The number of aliphatic hydroxyl groups is 1. The van der Waals surface area contributed by atoms with Gasteiger partial charge in [-0.3, -0.25) is 0 Å². The van der Waals surface area contributed by atoms with Gasteiger partial charge in [-0.05, 0) is 44.3 Å². The molecule has 1 atom stereocenters. The first kappa shape index (κ1) is 13.6. The summed E-state index contributed by atoms with van der Waals surface area (Å²) in [6.45, 7) is 5.49. The Morgan fingerprint density at radius 2 is 1.78 bits per heavy atom. The molecule has 1 N–H and O–H groups in total. The van der Waals surface area contributed by atoms with Crippen LogP contribution in [0.1, 0.15) is 44.6 Å². The van der Waals surface area contributed by atoms with E-state index in [1.807, 2.05) is 30.3 Å². The van der Waals surface area contributed by atoms with Gasteiger partial charge in [0, 0.05) is 6.54 Å². The molecular formula is C16H25NO. The Morgan fingerprint density at radius 3 is 2.39 bits per heavy atom. The smallest absolute Gasteiger partial charge is 0.0906 e. The molecule has 2 nitrogen and oxygen atoms in total. The Hall–Kier alpha value is -0.860. The van der Waals surface area contributed by atoms with Crippen molar-refractivity contribution in [1.82, 2.24) is 4.90 Å². The van der Waals surface area contributed by atoms with Gasteiger partial charge in [0.15, 0.2) is 0 Å². The van der Waals surface area contributed by atoms with Gasteiger partial charge in [0.1, 0.15) is 0 Å². The minimum Gasteiger partial charge on any atom is -0.385 e. The standard InChI is InChI=1S/C16H25NO/c1-2-16(18,15-9-5-3-6-10-15)11-14-17-12-7-4-8-13-17/h3,5-6,9-10,18H,2,4,7-8,11-14H2,1H3/t16-/m0/s1. The maximum absolute atomic E-state index is 10.8. The summed E-state index contributed by atoms with van der Waals surface area (Å²) < 4.78 is 0. The lowest BCUT2D eigenvalue weighted by atomic mass is 9.87. The van der Waals surface area contributed by atoms with E-state index in [0.717, 1.165) is 24.9 Å². The predicted octanol–water partition coefficient (Wildman–Crippen LogP) is 3.16. The summed E-state index contributed by atoms with van der Waals surface area (Å²) in [6, 6.07) is 10.1. The number of piperidine rings is 1. The summed E-state index contributed by atoms with van der Waals surface area (Å²) in [5, 5.41) is 10.8. The molecule has 2 rings (SSSR count).